The number of fused-ring (bicyclic) bond motifs is 1. The minimum Gasteiger partial charge on any atom is -0.496 e. The van der Waals surface area contributed by atoms with Gasteiger partial charge in [-0.1, -0.05) is 24.3 Å². The summed E-state index contributed by atoms with van der Waals surface area (Å²) >= 11 is 0. The van der Waals surface area contributed by atoms with E-state index in [0.717, 1.165) is 23.6 Å². The fraction of sp³-hybridized carbons (Fsp3) is 0.333. The van der Waals surface area contributed by atoms with E-state index in [-0.39, 0.29) is 5.78 Å². The van der Waals surface area contributed by atoms with Gasteiger partial charge in [-0.05, 0) is 36.8 Å². The second-order valence-electron chi connectivity index (χ2n) is 5.47. The maximum atomic E-state index is 12.5. The molecule has 0 amide bonds. The lowest BCUT2D eigenvalue weighted by atomic mass is 9.96. The van der Waals surface area contributed by atoms with Gasteiger partial charge in [0.25, 0.3) is 0 Å². The number of carbonyl (C=O) groups excluding carboxylic acids is 2. The third-order valence-corrected chi connectivity index (χ3v) is 4.07. The van der Waals surface area contributed by atoms with Crippen LogP contribution in [0.4, 0.5) is 0 Å². The maximum Gasteiger partial charge on any atom is 0.339 e. The van der Waals surface area contributed by atoms with Gasteiger partial charge < -0.3 is 9.47 Å². The van der Waals surface area contributed by atoms with Gasteiger partial charge in [0, 0.05) is 11.8 Å². The highest BCUT2D eigenvalue weighted by atomic mass is 16.5. The molecule has 1 aliphatic carbocycles. The Labute approximate surface area is 129 Å². The first kappa shape index (κ1) is 14.6. The van der Waals surface area contributed by atoms with E-state index in [1.165, 1.54) is 0 Å². The van der Waals surface area contributed by atoms with Crippen LogP contribution in [0.15, 0.2) is 36.4 Å². The monoisotopic (exact) mass is 298 g/mol. The van der Waals surface area contributed by atoms with E-state index in [0.29, 0.717) is 24.2 Å². The Morgan fingerprint density at radius 2 is 1.86 bits per heavy atom. The van der Waals surface area contributed by atoms with Crippen molar-refractivity contribution in [2.75, 3.05) is 7.11 Å². The lowest BCUT2D eigenvalue weighted by Crippen LogP contribution is -2.30. The second kappa shape index (κ2) is 6.18. The van der Waals surface area contributed by atoms with Crippen molar-refractivity contribution < 1.29 is 19.1 Å². The summed E-state index contributed by atoms with van der Waals surface area (Å²) in [6.45, 7) is 0. The molecule has 0 heterocycles. The lowest BCUT2D eigenvalue weighted by Gasteiger charge is -2.21. The molecule has 1 unspecified atom stereocenters. The van der Waals surface area contributed by atoms with E-state index >= 15 is 0 Å². The summed E-state index contributed by atoms with van der Waals surface area (Å²) in [6.07, 6.45) is 2.34. The molecule has 3 rings (SSSR count). The molecule has 0 saturated heterocycles. The van der Waals surface area contributed by atoms with Gasteiger partial charge in [-0.2, -0.15) is 0 Å². The predicted molar refractivity (Wildman–Crippen MR) is 83.2 cm³/mol. The van der Waals surface area contributed by atoms with Gasteiger partial charge in [0.15, 0.2) is 11.9 Å². The summed E-state index contributed by atoms with van der Waals surface area (Å²) in [5, 5.41) is 1.63. The first-order valence-corrected chi connectivity index (χ1v) is 7.50. The summed E-state index contributed by atoms with van der Waals surface area (Å²) in [5.41, 5.74) is 0.467. The first-order chi connectivity index (χ1) is 10.7. The van der Waals surface area contributed by atoms with Crippen molar-refractivity contribution in [1.82, 2.24) is 0 Å². The Morgan fingerprint density at radius 3 is 2.59 bits per heavy atom. The molecule has 0 aromatic heterocycles. The van der Waals surface area contributed by atoms with E-state index < -0.39 is 12.1 Å². The van der Waals surface area contributed by atoms with Crippen molar-refractivity contribution in [1.29, 1.82) is 0 Å². The normalized spacial score (nSPS) is 18.2. The summed E-state index contributed by atoms with van der Waals surface area (Å²) in [5.74, 6) is 0.289. The minimum atomic E-state index is -0.595. The number of benzene rings is 2. The van der Waals surface area contributed by atoms with Gasteiger partial charge in [0.05, 0.1) is 12.7 Å². The Hall–Kier alpha value is -2.36. The van der Waals surface area contributed by atoms with Crippen molar-refractivity contribution in [3.8, 4) is 5.75 Å². The SMILES string of the molecule is COc1ccc(C(=O)OC2CCCCC2=O)c2ccccc12. The number of carbonyl (C=O) groups is 2. The summed E-state index contributed by atoms with van der Waals surface area (Å²) in [7, 11) is 1.60. The van der Waals surface area contributed by atoms with Crippen LogP contribution in [-0.4, -0.2) is 25.0 Å². The number of hydrogen-bond acceptors (Lipinski definition) is 4. The maximum absolute atomic E-state index is 12.5. The van der Waals surface area contributed by atoms with Crippen LogP contribution in [0, 0.1) is 0 Å². The van der Waals surface area contributed by atoms with Crippen LogP contribution in [0.25, 0.3) is 10.8 Å². The third kappa shape index (κ3) is 2.69. The highest BCUT2D eigenvalue weighted by Gasteiger charge is 2.27. The molecular formula is C18H18O4. The highest BCUT2D eigenvalue weighted by molar-refractivity contribution is 6.07. The fourth-order valence-corrected chi connectivity index (χ4v) is 2.90. The van der Waals surface area contributed by atoms with Gasteiger partial charge in [-0.25, -0.2) is 4.79 Å². The van der Waals surface area contributed by atoms with E-state index in [9.17, 15) is 9.59 Å². The molecule has 1 atom stereocenters. The van der Waals surface area contributed by atoms with Gasteiger partial charge in [-0.3, -0.25) is 4.79 Å². The summed E-state index contributed by atoms with van der Waals surface area (Å²) in [4.78, 5) is 24.3. The van der Waals surface area contributed by atoms with Crippen LogP contribution < -0.4 is 4.74 Å². The Balaban J connectivity index is 1.92. The van der Waals surface area contributed by atoms with E-state index in [1.54, 1.807) is 19.2 Å². The molecule has 0 bridgehead atoms. The molecule has 0 aliphatic heterocycles. The Morgan fingerprint density at radius 1 is 1.09 bits per heavy atom. The number of methoxy groups -OCH3 is 1. The Bertz CT molecular complexity index is 720. The van der Waals surface area contributed by atoms with Crippen molar-refractivity contribution in [2.24, 2.45) is 0 Å². The molecule has 4 nitrogen and oxygen atoms in total. The average Bonchev–Trinajstić information content (AvgIpc) is 2.56. The lowest BCUT2D eigenvalue weighted by molar-refractivity contribution is -0.129. The first-order valence-electron chi connectivity index (χ1n) is 7.50. The molecule has 114 valence electrons. The molecule has 2 aromatic carbocycles. The highest BCUT2D eigenvalue weighted by Crippen LogP contribution is 2.29. The molecule has 2 aromatic rings. The molecule has 0 spiro atoms. The van der Waals surface area contributed by atoms with Gasteiger partial charge in [0.2, 0.25) is 0 Å². The van der Waals surface area contributed by atoms with Crippen LogP contribution in [0.5, 0.6) is 5.75 Å². The smallest absolute Gasteiger partial charge is 0.339 e. The fourth-order valence-electron chi connectivity index (χ4n) is 2.90. The van der Waals surface area contributed by atoms with Crippen LogP contribution in [0.2, 0.25) is 0 Å². The number of ether oxygens (including phenoxy) is 2. The number of Topliss-reactive ketones (excluding diaryl/α,β-unsaturated/α-hetero) is 1. The quantitative estimate of drug-likeness (QED) is 0.814. The van der Waals surface area contributed by atoms with Crippen LogP contribution in [-0.2, 0) is 9.53 Å². The zero-order chi connectivity index (χ0) is 15.5. The van der Waals surface area contributed by atoms with Crippen molar-refractivity contribution in [3.05, 3.63) is 42.0 Å². The van der Waals surface area contributed by atoms with Crippen molar-refractivity contribution in [2.45, 2.75) is 31.8 Å². The molecule has 0 radical (unpaired) electrons. The Kier molecular flexibility index (Phi) is 4.09. The molecule has 1 aliphatic rings. The third-order valence-electron chi connectivity index (χ3n) is 4.07. The number of rotatable bonds is 3. The predicted octanol–water partition coefficient (Wildman–Crippen LogP) is 3.52. The van der Waals surface area contributed by atoms with Crippen LogP contribution >= 0.6 is 0 Å². The van der Waals surface area contributed by atoms with E-state index in [1.807, 2.05) is 24.3 Å². The number of hydrogen-bond donors (Lipinski definition) is 0. The molecule has 22 heavy (non-hydrogen) atoms. The zero-order valence-electron chi connectivity index (χ0n) is 12.5. The van der Waals surface area contributed by atoms with Crippen LogP contribution in [0.3, 0.4) is 0 Å². The standard InChI is InChI=1S/C18H18O4/c1-21-16-11-10-14(12-6-2-3-7-13(12)16)18(20)22-17-9-5-4-8-15(17)19/h2-3,6-7,10-11,17H,4-5,8-9H2,1H3. The number of ketones is 1. The molecule has 0 N–H and O–H groups in total. The molecule has 1 saturated carbocycles. The minimum absolute atomic E-state index is 0.0254. The van der Waals surface area contributed by atoms with Crippen molar-refractivity contribution >= 4 is 22.5 Å². The van der Waals surface area contributed by atoms with Gasteiger partial charge in [-0.15, -0.1) is 0 Å². The zero-order valence-corrected chi connectivity index (χ0v) is 12.5. The summed E-state index contributed by atoms with van der Waals surface area (Å²) < 4.78 is 10.8. The second-order valence-corrected chi connectivity index (χ2v) is 5.47. The number of esters is 1. The average molecular weight is 298 g/mol. The van der Waals surface area contributed by atoms with Gasteiger partial charge >= 0.3 is 5.97 Å². The van der Waals surface area contributed by atoms with Crippen LogP contribution in [0.1, 0.15) is 36.0 Å². The van der Waals surface area contributed by atoms with Gasteiger partial charge in [0.1, 0.15) is 5.75 Å². The molecule has 4 heteroatoms. The van der Waals surface area contributed by atoms with E-state index in [2.05, 4.69) is 0 Å². The molecule has 1 fully saturated rings. The largest absolute Gasteiger partial charge is 0.496 e. The topological polar surface area (TPSA) is 52.6 Å². The van der Waals surface area contributed by atoms with Crippen molar-refractivity contribution in [3.63, 3.8) is 0 Å². The summed E-state index contributed by atoms with van der Waals surface area (Å²) in [6, 6.07) is 11.0. The molecular weight excluding hydrogens is 280 g/mol. The van der Waals surface area contributed by atoms with E-state index in [4.69, 9.17) is 9.47 Å².